The lowest BCUT2D eigenvalue weighted by molar-refractivity contribution is -0.137. The van der Waals surface area contributed by atoms with Crippen LogP contribution in [0.5, 0.6) is 0 Å². The standard InChI is InChI=1S/C15H21BrN2O3/c1-2-17-10-12(16)8-13(17)15(21)18-7-3-4-11(9-18)5-6-14(19)20/h8,10-11H,2-7,9H2,1H3,(H,19,20). The second-order valence-corrected chi connectivity index (χ2v) is 6.44. The summed E-state index contributed by atoms with van der Waals surface area (Å²) in [5.41, 5.74) is 0.697. The monoisotopic (exact) mass is 356 g/mol. The van der Waals surface area contributed by atoms with Crippen LogP contribution < -0.4 is 0 Å². The van der Waals surface area contributed by atoms with Gasteiger partial charge >= 0.3 is 5.97 Å². The fourth-order valence-electron chi connectivity index (χ4n) is 2.89. The maximum Gasteiger partial charge on any atom is 0.303 e. The van der Waals surface area contributed by atoms with Gasteiger partial charge in [0.05, 0.1) is 0 Å². The van der Waals surface area contributed by atoms with E-state index in [0.29, 0.717) is 24.6 Å². The highest BCUT2D eigenvalue weighted by Gasteiger charge is 2.26. The molecule has 0 spiro atoms. The quantitative estimate of drug-likeness (QED) is 0.881. The molecule has 0 saturated carbocycles. The van der Waals surface area contributed by atoms with Gasteiger partial charge in [-0.25, -0.2) is 0 Å². The van der Waals surface area contributed by atoms with Crippen LogP contribution in [0.25, 0.3) is 0 Å². The Balaban J connectivity index is 2.03. The lowest BCUT2D eigenvalue weighted by atomic mass is 9.93. The van der Waals surface area contributed by atoms with Crippen molar-refractivity contribution in [2.75, 3.05) is 13.1 Å². The molecule has 1 N–H and O–H groups in total. The lowest BCUT2D eigenvalue weighted by Crippen LogP contribution is -2.40. The molecule has 1 aromatic rings. The second-order valence-electron chi connectivity index (χ2n) is 5.52. The van der Waals surface area contributed by atoms with Crippen LogP contribution >= 0.6 is 15.9 Å². The molecule has 0 radical (unpaired) electrons. The summed E-state index contributed by atoms with van der Waals surface area (Å²) in [5.74, 6) is -0.419. The van der Waals surface area contributed by atoms with E-state index < -0.39 is 5.97 Å². The minimum atomic E-state index is -0.762. The molecule has 1 fully saturated rings. The van der Waals surface area contributed by atoms with Crippen molar-refractivity contribution in [3.63, 3.8) is 0 Å². The van der Waals surface area contributed by atoms with Crippen molar-refractivity contribution in [2.24, 2.45) is 5.92 Å². The number of nitrogens with zero attached hydrogens (tertiary/aromatic N) is 2. The fraction of sp³-hybridized carbons (Fsp3) is 0.600. The molecule has 1 atom stereocenters. The van der Waals surface area contributed by atoms with Gasteiger partial charge in [-0.1, -0.05) is 0 Å². The van der Waals surface area contributed by atoms with E-state index in [0.717, 1.165) is 30.4 Å². The van der Waals surface area contributed by atoms with Crippen molar-refractivity contribution < 1.29 is 14.7 Å². The number of carboxylic acid groups (broad SMARTS) is 1. The van der Waals surface area contributed by atoms with E-state index in [1.54, 1.807) is 0 Å². The van der Waals surface area contributed by atoms with E-state index >= 15 is 0 Å². The minimum absolute atomic E-state index is 0.0441. The molecule has 1 unspecified atom stereocenters. The number of carbonyl (C=O) groups is 2. The molecule has 1 amide bonds. The number of piperidine rings is 1. The van der Waals surface area contributed by atoms with Crippen LogP contribution in [-0.2, 0) is 11.3 Å². The number of aryl methyl sites for hydroxylation is 1. The number of amides is 1. The number of carboxylic acids is 1. The van der Waals surface area contributed by atoms with Gasteiger partial charge in [0.25, 0.3) is 5.91 Å². The molecule has 5 nitrogen and oxygen atoms in total. The Morgan fingerprint density at radius 3 is 2.90 bits per heavy atom. The van der Waals surface area contributed by atoms with Crippen LogP contribution in [-0.4, -0.2) is 39.5 Å². The Hall–Kier alpha value is -1.30. The SMILES string of the molecule is CCn1cc(Br)cc1C(=O)N1CCCC(CCC(=O)O)C1. The molecule has 116 valence electrons. The van der Waals surface area contributed by atoms with E-state index in [9.17, 15) is 9.59 Å². The zero-order valence-corrected chi connectivity index (χ0v) is 13.8. The minimum Gasteiger partial charge on any atom is -0.481 e. The maximum atomic E-state index is 12.6. The van der Waals surface area contributed by atoms with Gasteiger partial charge in [0.15, 0.2) is 0 Å². The summed E-state index contributed by atoms with van der Waals surface area (Å²) in [6, 6.07) is 1.85. The Morgan fingerprint density at radius 1 is 1.48 bits per heavy atom. The molecule has 21 heavy (non-hydrogen) atoms. The summed E-state index contributed by atoms with van der Waals surface area (Å²) in [6.07, 6.45) is 4.71. The highest BCUT2D eigenvalue weighted by molar-refractivity contribution is 9.10. The number of carbonyl (C=O) groups excluding carboxylic acids is 1. The van der Waals surface area contributed by atoms with Gasteiger partial charge in [-0.05, 0) is 54.1 Å². The second kappa shape index (κ2) is 7.11. The number of hydrogen-bond donors (Lipinski definition) is 1. The Labute approximate surface area is 133 Å². The summed E-state index contributed by atoms with van der Waals surface area (Å²) >= 11 is 3.41. The van der Waals surface area contributed by atoms with Crippen molar-refractivity contribution in [3.8, 4) is 0 Å². The van der Waals surface area contributed by atoms with Crippen molar-refractivity contribution in [1.82, 2.24) is 9.47 Å². The first-order valence-electron chi connectivity index (χ1n) is 7.38. The molecule has 1 aliphatic rings. The Morgan fingerprint density at radius 2 is 2.24 bits per heavy atom. The summed E-state index contributed by atoms with van der Waals surface area (Å²) < 4.78 is 2.85. The Kier molecular flexibility index (Phi) is 5.45. The molecular weight excluding hydrogens is 336 g/mol. The van der Waals surface area contributed by atoms with Gasteiger partial charge in [0.2, 0.25) is 0 Å². The van der Waals surface area contributed by atoms with Crippen LogP contribution in [0, 0.1) is 5.92 Å². The molecule has 0 aliphatic carbocycles. The predicted octanol–water partition coefficient (Wildman–Crippen LogP) is 2.99. The molecule has 0 bridgehead atoms. The predicted molar refractivity (Wildman–Crippen MR) is 83.3 cm³/mol. The van der Waals surface area contributed by atoms with Gasteiger partial charge in [-0.3, -0.25) is 9.59 Å². The van der Waals surface area contributed by atoms with Crippen molar-refractivity contribution in [1.29, 1.82) is 0 Å². The maximum absolute atomic E-state index is 12.6. The summed E-state index contributed by atoms with van der Waals surface area (Å²) in [4.78, 5) is 25.2. The number of hydrogen-bond acceptors (Lipinski definition) is 2. The van der Waals surface area contributed by atoms with Gasteiger partial charge in [-0.15, -0.1) is 0 Å². The zero-order valence-electron chi connectivity index (χ0n) is 12.2. The molecule has 1 aliphatic heterocycles. The van der Waals surface area contributed by atoms with Crippen molar-refractivity contribution >= 4 is 27.8 Å². The third-order valence-electron chi connectivity index (χ3n) is 4.00. The van der Waals surface area contributed by atoms with Crippen LogP contribution in [0.2, 0.25) is 0 Å². The summed E-state index contributed by atoms with van der Waals surface area (Å²) in [6.45, 7) is 4.19. The van der Waals surface area contributed by atoms with Crippen LogP contribution in [0.1, 0.15) is 43.1 Å². The summed E-state index contributed by atoms with van der Waals surface area (Å²) in [7, 11) is 0. The van der Waals surface area contributed by atoms with Crippen molar-refractivity contribution in [2.45, 2.75) is 39.2 Å². The van der Waals surface area contributed by atoms with E-state index in [2.05, 4.69) is 15.9 Å². The third kappa shape index (κ3) is 4.09. The molecule has 2 heterocycles. The molecule has 2 rings (SSSR count). The highest BCUT2D eigenvalue weighted by atomic mass is 79.9. The van der Waals surface area contributed by atoms with Crippen molar-refractivity contribution in [3.05, 3.63) is 22.4 Å². The van der Waals surface area contributed by atoms with E-state index in [4.69, 9.17) is 5.11 Å². The smallest absolute Gasteiger partial charge is 0.303 e. The average molecular weight is 357 g/mol. The average Bonchev–Trinajstić information content (AvgIpc) is 2.85. The molecular formula is C15H21BrN2O3. The van der Waals surface area contributed by atoms with Gasteiger partial charge in [-0.2, -0.15) is 0 Å². The molecule has 1 saturated heterocycles. The highest BCUT2D eigenvalue weighted by Crippen LogP contribution is 2.24. The number of rotatable bonds is 5. The number of halogens is 1. The van der Waals surface area contributed by atoms with Crippen LogP contribution in [0.3, 0.4) is 0 Å². The zero-order chi connectivity index (χ0) is 15.4. The van der Waals surface area contributed by atoms with Crippen LogP contribution in [0.15, 0.2) is 16.7 Å². The molecule has 0 aromatic carbocycles. The van der Waals surface area contributed by atoms with E-state index in [1.165, 1.54) is 0 Å². The first-order chi connectivity index (χ1) is 10.0. The van der Waals surface area contributed by atoms with E-state index in [1.807, 2.05) is 28.7 Å². The third-order valence-corrected chi connectivity index (χ3v) is 4.43. The first kappa shape index (κ1) is 16.1. The number of likely N-dealkylation sites (tertiary alicyclic amines) is 1. The summed E-state index contributed by atoms with van der Waals surface area (Å²) in [5, 5.41) is 8.78. The lowest BCUT2D eigenvalue weighted by Gasteiger charge is -2.32. The first-order valence-corrected chi connectivity index (χ1v) is 8.17. The normalized spacial score (nSPS) is 18.8. The van der Waals surface area contributed by atoms with Gasteiger partial charge in [0.1, 0.15) is 5.69 Å². The molecule has 1 aromatic heterocycles. The van der Waals surface area contributed by atoms with E-state index in [-0.39, 0.29) is 12.3 Å². The number of aromatic nitrogens is 1. The topological polar surface area (TPSA) is 62.5 Å². The molecule has 6 heteroatoms. The van der Waals surface area contributed by atoms with Gasteiger partial charge < -0.3 is 14.6 Å². The van der Waals surface area contributed by atoms with Crippen LogP contribution in [0.4, 0.5) is 0 Å². The fourth-order valence-corrected chi connectivity index (χ4v) is 3.35. The number of aliphatic carboxylic acids is 1. The Bertz CT molecular complexity index is 527. The largest absolute Gasteiger partial charge is 0.481 e. The van der Waals surface area contributed by atoms with Gasteiger partial charge in [0, 0.05) is 36.7 Å².